The van der Waals surface area contributed by atoms with E-state index in [4.69, 9.17) is 15.1 Å². The molecule has 10 nitrogen and oxygen atoms in total. The van der Waals surface area contributed by atoms with Gasteiger partial charge in [-0.15, -0.1) is 0 Å². The number of rotatable bonds is 6. The highest BCUT2D eigenvalue weighted by atomic mass is 32.2. The van der Waals surface area contributed by atoms with Gasteiger partial charge in [-0.3, -0.25) is 14.8 Å². The Labute approximate surface area is 214 Å². The number of nitrogens with one attached hydrogen (secondary N) is 1. The molecule has 3 N–H and O–H groups in total. The highest BCUT2D eigenvalue weighted by Gasteiger charge is 2.44. The molecule has 0 aliphatic carbocycles. The molecule has 3 aliphatic heterocycles. The van der Waals surface area contributed by atoms with E-state index in [1.807, 2.05) is 29.4 Å². The van der Waals surface area contributed by atoms with Gasteiger partial charge in [-0.2, -0.15) is 5.26 Å². The summed E-state index contributed by atoms with van der Waals surface area (Å²) in [5.74, 6) is -0.0202. The molecule has 1 aromatic carbocycles. The summed E-state index contributed by atoms with van der Waals surface area (Å²) in [6.45, 7) is 5.44. The lowest BCUT2D eigenvalue weighted by Gasteiger charge is -2.40. The molecule has 3 saturated heterocycles. The van der Waals surface area contributed by atoms with E-state index >= 15 is 0 Å². The third-order valence-electron chi connectivity index (χ3n) is 7.37. The maximum Gasteiger partial charge on any atom is 0.250 e. The molecular formula is C25H36N4O6S. The Morgan fingerprint density at radius 1 is 1.28 bits per heavy atom. The van der Waals surface area contributed by atoms with Crippen molar-refractivity contribution in [2.45, 2.75) is 51.0 Å². The molecular weight excluding hydrogens is 484 g/mol. The third-order valence-corrected chi connectivity index (χ3v) is 9.11. The molecule has 4 rings (SSSR count). The zero-order valence-electron chi connectivity index (χ0n) is 20.7. The van der Waals surface area contributed by atoms with Crippen molar-refractivity contribution in [3.63, 3.8) is 0 Å². The summed E-state index contributed by atoms with van der Waals surface area (Å²) in [4.78, 5) is 25.0. The molecule has 2 unspecified atom stereocenters. The molecule has 1 aromatic rings. The first-order valence-corrected chi connectivity index (χ1v) is 13.6. The number of aliphatic hydroxyl groups excluding tert-OH is 1. The fraction of sp³-hybridized carbons (Fsp3) is 0.640. The Hall–Kier alpha value is -2.36. The first kappa shape index (κ1) is 28.2. The van der Waals surface area contributed by atoms with Gasteiger partial charge in [-0.25, -0.2) is 14.0 Å². The van der Waals surface area contributed by atoms with Gasteiger partial charge >= 0.3 is 0 Å². The van der Waals surface area contributed by atoms with Crippen molar-refractivity contribution in [2.24, 2.45) is 5.41 Å². The van der Waals surface area contributed by atoms with Gasteiger partial charge in [0.05, 0.1) is 46.5 Å². The fourth-order valence-corrected chi connectivity index (χ4v) is 6.73. The second-order valence-electron chi connectivity index (χ2n) is 9.73. The first-order chi connectivity index (χ1) is 17.3. The van der Waals surface area contributed by atoms with E-state index in [1.54, 1.807) is 10.4 Å². The van der Waals surface area contributed by atoms with Crippen LogP contribution in [0.2, 0.25) is 0 Å². The van der Waals surface area contributed by atoms with Crippen LogP contribution in [0.3, 0.4) is 0 Å². The maximum absolute atomic E-state index is 13.1. The quantitative estimate of drug-likeness (QED) is 0.291. The summed E-state index contributed by atoms with van der Waals surface area (Å²) in [6, 6.07) is 7.93. The first-order valence-electron chi connectivity index (χ1n) is 12.4. The zero-order valence-corrected chi connectivity index (χ0v) is 21.5. The molecule has 2 amide bonds. The second-order valence-corrected chi connectivity index (χ2v) is 11.2. The van der Waals surface area contributed by atoms with E-state index in [2.05, 4.69) is 6.07 Å². The van der Waals surface area contributed by atoms with E-state index in [0.717, 1.165) is 37.8 Å². The van der Waals surface area contributed by atoms with E-state index < -0.39 is 22.3 Å². The van der Waals surface area contributed by atoms with Gasteiger partial charge in [-0.05, 0) is 68.2 Å². The lowest BCUT2D eigenvalue weighted by Crippen LogP contribution is -2.52. The van der Waals surface area contributed by atoms with Crippen molar-refractivity contribution in [3.05, 3.63) is 34.9 Å². The number of amides is 2. The number of hydrogen-bond acceptors (Lipinski definition) is 7. The van der Waals surface area contributed by atoms with Gasteiger partial charge < -0.3 is 14.7 Å². The minimum Gasteiger partial charge on any atom is -0.391 e. The molecule has 0 saturated carbocycles. The molecule has 3 heterocycles. The van der Waals surface area contributed by atoms with Crippen molar-refractivity contribution >= 4 is 23.3 Å². The lowest BCUT2D eigenvalue weighted by atomic mass is 9.79. The molecule has 0 bridgehead atoms. The zero-order chi connectivity index (χ0) is 26.1. The van der Waals surface area contributed by atoms with E-state index in [0.29, 0.717) is 57.1 Å². The van der Waals surface area contributed by atoms with Crippen LogP contribution in [0.5, 0.6) is 0 Å². The van der Waals surface area contributed by atoms with Crippen LogP contribution in [0.4, 0.5) is 0 Å². The average molecular weight is 521 g/mol. The summed E-state index contributed by atoms with van der Waals surface area (Å²) < 4.78 is 19.8. The summed E-state index contributed by atoms with van der Waals surface area (Å²) in [7, 11) is -1.35. The number of carbonyl (C=O) groups is 2. The second kappa shape index (κ2) is 13.3. The Morgan fingerprint density at radius 2 is 1.97 bits per heavy atom. The van der Waals surface area contributed by atoms with Crippen LogP contribution in [0.1, 0.15) is 54.7 Å². The van der Waals surface area contributed by atoms with Crippen molar-refractivity contribution in [1.29, 1.82) is 5.26 Å². The van der Waals surface area contributed by atoms with Crippen molar-refractivity contribution in [3.8, 4) is 6.07 Å². The van der Waals surface area contributed by atoms with Crippen molar-refractivity contribution < 1.29 is 28.8 Å². The lowest BCUT2D eigenvalue weighted by molar-refractivity contribution is -0.142. The Morgan fingerprint density at radius 3 is 2.44 bits per heavy atom. The van der Waals surface area contributed by atoms with Gasteiger partial charge in [0.1, 0.15) is 0 Å². The number of ether oxygens (including phenoxy) is 1. The SMILES string of the molecule is Cc1cc(C#N)ccc1C1CCN(S(=O)CC2(C(=O)NO)CCN(C=O)CC2)CC1.OC1CCOC1. The minimum atomic E-state index is -1.35. The number of hydrogen-bond donors (Lipinski definition) is 3. The van der Waals surface area contributed by atoms with Crippen LogP contribution in [0, 0.1) is 23.7 Å². The number of nitriles is 1. The standard InChI is InChI=1S/C21H28N4O4S.C4H8O2/c1-16-12-17(13-22)2-3-19(16)18-4-8-25(9-5-18)30(29)14-21(20(27)23-28)6-10-24(15-26)11-7-21;5-4-1-2-6-3-4/h2-3,12,15,18,28H,4-11,14H2,1H3,(H,23,27);4-5H,1-3H2. The van der Waals surface area contributed by atoms with Crippen molar-refractivity contribution in [1.82, 2.24) is 14.7 Å². The fourth-order valence-electron chi connectivity index (χ4n) is 5.04. The molecule has 0 spiro atoms. The van der Waals surface area contributed by atoms with Crippen LogP contribution >= 0.6 is 0 Å². The van der Waals surface area contributed by atoms with Crippen molar-refractivity contribution in [2.75, 3.05) is 45.1 Å². The number of aliphatic hydroxyl groups is 1. The van der Waals surface area contributed by atoms with E-state index in [9.17, 15) is 19.0 Å². The monoisotopic (exact) mass is 520 g/mol. The van der Waals surface area contributed by atoms with Gasteiger partial charge in [-0.1, -0.05) is 6.07 Å². The number of likely N-dealkylation sites (tertiary alicyclic amines) is 1. The summed E-state index contributed by atoms with van der Waals surface area (Å²) in [6.07, 6.45) is 3.88. The normalized spacial score (nSPS) is 23.2. The van der Waals surface area contributed by atoms with Gasteiger partial charge in [0, 0.05) is 32.8 Å². The van der Waals surface area contributed by atoms with Crippen LogP contribution in [0.25, 0.3) is 0 Å². The predicted molar refractivity (Wildman–Crippen MR) is 133 cm³/mol. The van der Waals surface area contributed by atoms with E-state index in [-0.39, 0.29) is 11.9 Å². The van der Waals surface area contributed by atoms with E-state index in [1.165, 1.54) is 5.56 Å². The number of benzene rings is 1. The maximum atomic E-state index is 13.1. The van der Waals surface area contributed by atoms with Crippen LogP contribution in [0.15, 0.2) is 18.2 Å². The number of hydroxylamine groups is 1. The molecule has 2 atom stereocenters. The van der Waals surface area contributed by atoms with Gasteiger partial charge in [0.25, 0.3) is 5.91 Å². The Balaban J connectivity index is 0.000000526. The molecule has 3 aliphatic rings. The largest absolute Gasteiger partial charge is 0.391 e. The highest BCUT2D eigenvalue weighted by molar-refractivity contribution is 7.82. The van der Waals surface area contributed by atoms with Gasteiger partial charge in [0.2, 0.25) is 6.41 Å². The minimum absolute atomic E-state index is 0.145. The summed E-state index contributed by atoms with van der Waals surface area (Å²) in [5.41, 5.74) is 3.80. The van der Waals surface area contributed by atoms with Crippen LogP contribution < -0.4 is 5.48 Å². The predicted octanol–water partition coefficient (Wildman–Crippen LogP) is 1.22. The smallest absolute Gasteiger partial charge is 0.250 e. The van der Waals surface area contributed by atoms with Crippen LogP contribution in [-0.2, 0) is 25.3 Å². The molecule has 11 heteroatoms. The number of piperidine rings is 2. The third kappa shape index (κ3) is 7.11. The Bertz CT molecular complexity index is 962. The van der Waals surface area contributed by atoms with Gasteiger partial charge in [0.15, 0.2) is 0 Å². The molecule has 198 valence electrons. The average Bonchev–Trinajstić information content (AvgIpc) is 3.39. The number of nitrogens with zero attached hydrogens (tertiary/aromatic N) is 3. The Kier molecular flexibility index (Phi) is 10.4. The number of carbonyl (C=O) groups excluding carboxylic acids is 2. The molecule has 0 aromatic heterocycles. The summed E-state index contributed by atoms with van der Waals surface area (Å²) >= 11 is 0. The summed E-state index contributed by atoms with van der Waals surface area (Å²) in [5, 5.41) is 26.9. The van der Waals surface area contributed by atoms with Crippen LogP contribution in [-0.4, -0.2) is 87.3 Å². The topological polar surface area (TPSA) is 143 Å². The molecule has 36 heavy (non-hydrogen) atoms. The molecule has 0 radical (unpaired) electrons. The molecule has 3 fully saturated rings. The number of aryl methyl sites for hydroxylation is 1. The highest BCUT2D eigenvalue weighted by Crippen LogP contribution is 2.35.